The molecule has 0 bridgehead atoms. The first-order chi connectivity index (χ1) is 8.46. The van der Waals surface area contributed by atoms with Crippen LogP contribution in [0.15, 0.2) is 24.3 Å². The molecule has 0 N–H and O–H groups in total. The minimum absolute atomic E-state index is 0.0700. The molecule has 1 aromatic carbocycles. The Hall–Kier alpha value is -1.47. The van der Waals surface area contributed by atoms with E-state index in [1.54, 1.807) is 11.7 Å². The summed E-state index contributed by atoms with van der Waals surface area (Å²) in [6.07, 6.45) is 0.392. The van der Waals surface area contributed by atoms with Gasteiger partial charge in [-0.3, -0.25) is 0 Å². The van der Waals surface area contributed by atoms with Crippen LogP contribution in [0, 0.1) is 0 Å². The summed E-state index contributed by atoms with van der Waals surface area (Å²) in [6.45, 7) is 0. The van der Waals surface area contributed by atoms with Gasteiger partial charge < -0.3 is 0 Å². The molecular weight excluding hydrogens is 276 g/mol. The number of rotatable bonds is 4. The summed E-state index contributed by atoms with van der Waals surface area (Å²) in [4.78, 5) is 0. The molecule has 0 saturated carbocycles. The number of tetrazole rings is 1. The zero-order chi connectivity index (χ0) is 13.2. The van der Waals surface area contributed by atoms with E-state index < -0.39 is 9.05 Å². The van der Waals surface area contributed by atoms with Gasteiger partial charge in [-0.25, -0.2) is 13.1 Å². The molecule has 18 heavy (non-hydrogen) atoms. The van der Waals surface area contributed by atoms with Gasteiger partial charge in [0.1, 0.15) is 0 Å². The van der Waals surface area contributed by atoms with E-state index in [1.165, 1.54) is 0 Å². The molecule has 0 aliphatic rings. The molecule has 2 rings (SSSR count). The quantitative estimate of drug-likeness (QED) is 0.783. The van der Waals surface area contributed by atoms with Gasteiger partial charge in [-0.05, 0) is 22.4 Å². The van der Waals surface area contributed by atoms with Crippen molar-refractivity contribution in [2.45, 2.75) is 6.42 Å². The molecule has 0 radical (unpaired) electrons. The molecule has 0 amide bonds. The van der Waals surface area contributed by atoms with E-state index in [0.717, 1.165) is 11.1 Å². The van der Waals surface area contributed by atoms with Crippen molar-refractivity contribution in [2.75, 3.05) is 5.75 Å². The zero-order valence-corrected chi connectivity index (χ0v) is 11.2. The largest absolute Gasteiger partial charge is 0.232 e. The van der Waals surface area contributed by atoms with Gasteiger partial charge in [0.05, 0.1) is 5.75 Å². The average molecular weight is 287 g/mol. The van der Waals surface area contributed by atoms with E-state index in [0.29, 0.717) is 12.2 Å². The van der Waals surface area contributed by atoms with Gasteiger partial charge in [0.25, 0.3) is 0 Å². The van der Waals surface area contributed by atoms with E-state index in [1.807, 2.05) is 24.3 Å². The summed E-state index contributed by atoms with van der Waals surface area (Å²) in [7, 11) is 3.47. The average Bonchev–Trinajstić information content (AvgIpc) is 2.73. The maximum atomic E-state index is 10.8. The highest BCUT2D eigenvalue weighted by Crippen LogP contribution is 2.16. The molecule has 0 aliphatic carbocycles. The Labute approximate surface area is 109 Å². The predicted octanol–water partition coefficient (Wildman–Crippen LogP) is 0.988. The van der Waals surface area contributed by atoms with Gasteiger partial charge in [0.2, 0.25) is 9.05 Å². The lowest BCUT2D eigenvalue weighted by Gasteiger charge is -2.02. The Morgan fingerprint density at radius 3 is 2.44 bits per heavy atom. The maximum absolute atomic E-state index is 10.8. The zero-order valence-electron chi connectivity index (χ0n) is 9.62. The van der Waals surface area contributed by atoms with Crippen LogP contribution in [0.4, 0.5) is 0 Å². The third-order valence-corrected chi connectivity index (χ3v) is 3.62. The fraction of sp³-hybridized carbons (Fsp3) is 0.300. The number of aryl methyl sites for hydroxylation is 2. The summed E-state index contributed by atoms with van der Waals surface area (Å²) in [5.41, 5.74) is 1.78. The second kappa shape index (κ2) is 5.03. The van der Waals surface area contributed by atoms with Gasteiger partial charge >= 0.3 is 0 Å². The first-order valence-corrected chi connectivity index (χ1v) is 7.67. The van der Waals surface area contributed by atoms with Gasteiger partial charge in [-0.1, -0.05) is 24.3 Å². The molecule has 0 fully saturated rings. The lowest BCUT2D eigenvalue weighted by Crippen LogP contribution is -2.01. The van der Waals surface area contributed by atoms with Crippen LogP contribution in [0.2, 0.25) is 0 Å². The molecule has 2 aromatic rings. The van der Waals surface area contributed by atoms with E-state index in [2.05, 4.69) is 15.5 Å². The number of hydrogen-bond acceptors (Lipinski definition) is 5. The number of aromatic nitrogens is 4. The summed E-state index contributed by atoms with van der Waals surface area (Å²) < 4.78 is 23.2. The molecule has 0 atom stereocenters. The smallest absolute Gasteiger partial charge is 0.229 e. The maximum Gasteiger partial charge on any atom is 0.232 e. The lowest BCUT2D eigenvalue weighted by atomic mass is 10.1. The Balaban J connectivity index is 2.13. The topological polar surface area (TPSA) is 77.7 Å². The standard InChI is InChI=1S/C10H11ClN4O2S/c1-15-10(12-13-14-15)9-4-2-8(3-5-9)6-7-18(11,16)17/h2-5H,6-7H2,1H3. The summed E-state index contributed by atoms with van der Waals surface area (Å²) >= 11 is 0. The molecule has 8 heteroatoms. The third-order valence-electron chi connectivity index (χ3n) is 2.47. The second-order valence-electron chi connectivity index (χ2n) is 3.82. The molecular formula is C10H11ClN4O2S. The molecule has 0 aliphatic heterocycles. The fourth-order valence-electron chi connectivity index (χ4n) is 1.53. The monoisotopic (exact) mass is 286 g/mol. The van der Waals surface area contributed by atoms with Gasteiger partial charge in [0, 0.05) is 23.3 Å². The van der Waals surface area contributed by atoms with Crippen LogP contribution in [0.25, 0.3) is 11.4 Å². The normalized spacial score (nSPS) is 11.7. The highest BCUT2D eigenvalue weighted by atomic mass is 35.7. The molecule has 6 nitrogen and oxygen atoms in total. The van der Waals surface area contributed by atoms with Gasteiger partial charge in [-0.15, -0.1) is 5.10 Å². The van der Waals surface area contributed by atoms with Crippen LogP contribution in [-0.4, -0.2) is 34.4 Å². The van der Waals surface area contributed by atoms with E-state index in [9.17, 15) is 8.42 Å². The number of hydrogen-bond donors (Lipinski definition) is 0. The second-order valence-corrected chi connectivity index (χ2v) is 6.71. The predicted molar refractivity (Wildman–Crippen MR) is 67.6 cm³/mol. The van der Waals surface area contributed by atoms with E-state index >= 15 is 0 Å². The molecule has 1 aromatic heterocycles. The first kappa shape index (κ1) is 13.0. The Kier molecular flexibility index (Phi) is 3.63. The van der Waals surface area contributed by atoms with Crippen LogP contribution in [0.3, 0.4) is 0 Å². The van der Waals surface area contributed by atoms with E-state index in [-0.39, 0.29) is 5.75 Å². The van der Waals surface area contributed by atoms with Crippen molar-refractivity contribution in [3.63, 3.8) is 0 Å². The Morgan fingerprint density at radius 2 is 1.94 bits per heavy atom. The number of nitrogens with zero attached hydrogens (tertiary/aromatic N) is 4. The van der Waals surface area contributed by atoms with Crippen molar-refractivity contribution >= 4 is 19.7 Å². The molecule has 0 unspecified atom stereocenters. The first-order valence-electron chi connectivity index (χ1n) is 5.20. The van der Waals surface area contributed by atoms with Crippen LogP contribution >= 0.6 is 10.7 Å². The highest BCUT2D eigenvalue weighted by molar-refractivity contribution is 8.13. The highest BCUT2D eigenvalue weighted by Gasteiger charge is 2.08. The van der Waals surface area contributed by atoms with Crippen molar-refractivity contribution in [1.82, 2.24) is 20.2 Å². The van der Waals surface area contributed by atoms with Crippen LogP contribution in [0.1, 0.15) is 5.56 Å². The van der Waals surface area contributed by atoms with E-state index in [4.69, 9.17) is 10.7 Å². The fourth-order valence-corrected chi connectivity index (χ4v) is 2.25. The molecule has 0 saturated heterocycles. The van der Waals surface area contributed by atoms with Crippen LogP contribution in [0.5, 0.6) is 0 Å². The van der Waals surface area contributed by atoms with Crippen molar-refractivity contribution in [1.29, 1.82) is 0 Å². The SMILES string of the molecule is Cn1nnnc1-c1ccc(CCS(=O)(=O)Cl)cc1. The van der Waals surface area contributed by atoms with Crippen LogP contribution in [-0.2, 0) is 22.5 Å². The van der Waals surface area contributed by atoms with Crippen molar-refractivity contribution in [2.24, 2.45) is 7.05 Å². The molecule has 0 spiro atoms. The van der Waals surface area contributed by atoms with Gasteiger partial charge in [0.15, 0.2) is 5.82 Å². The summed E-state index contributed by atoms with van der Waals surface area (Å²) in [6, 6.07) is 7.38. The summed E-state index contributed by atoms with van der Waals surface area (Å²) in [5, 5.41) is 11.2. The van der Waals surface area contributed by atoms with Crippen molar-refractivity contribution in [3.05, 3.63) is 29.8 Å². The number of halogens is 1. The van der Waals surface area contributed by atoms with Crippen LogP contribution < -0.4 is 0 Å². The minimum atomic E-state index is -3.45. The lowest BCUT2D eigenvalue weighted by molar-refractivity contribution is 0.609. The van der Waals surface area contributed by atoms with Crippen molar-refractivity contribution < 1.29 is 8.42 Å². The number of benzene rings is 1. The minimum Gasteiger partial charge on any atom is -0.229 e. The third kappa shape index (κ3) is 3.27. The summed E-state index contributed by atoms with van der Waals surface area (Å²) in [5.74, 6) is 0.589. The Morgan fingerprint density at radius 1 is 1.28 bits per heavy atom. The van der Waals surface area contributed by atoms with Crippen molar-refractivity contribution in [3.8, 4) is 11.4 Å². The Bertz CT molecular complexity index is 636. The molecule has 1 heterocycles. The van der Waals surface area contributed by atoms with Gasteiger partial charge in [-0.2, -0.15) is 0 Å². The molecule has 96 valence electrons.